The molecule has 3 aromatic rings. The molecule has 0 radical (unpaired) electrons. The highest BCUT2D eigenvalue weighted by Gasteiger charge is 2.32. The molecule has 2 N–H and O–H groups in total. The maximum absolute atomic E-state index is 13.1. The summed E-state index contributed by atoms with van der Waals surface area (Å²) in [5, 5.41) is 10.8. The predicted octanol–water partition coefficient (Wildman–Crippen LogP) is 1.61. The molecule has 11 heteroatoms. The zero-order valence-electron chi connectivity index (χ0n) is 16.9. The normalized spacial score (nSPS) is 14.8. The number of nitrogen functional groups attached to an aromatic ring is 1. The zero-order valence-corrected chi connectivity index (χ0v) is 18.5. The van der Waals surface area contributed by atoms with Crippen molar-refractivity contribution in [2.24, 2.45) is 14.1 Å². The fraction of sp³-hybridized carbons (Fsp3) is 0.421. The summed E-state index contributed by atoms with van der Waals surface area (Å²) >= 11 is 2.93. The van der Waals surface area contributed by atoms with Gasteiger partial charge in [0.15, 0.2) is 10.9 Å². The summed E-state index contributed by atoms with van der Waals surface area (Å²) in [6.45, 7) is 1.71. The van der Waals surface area contributed by atoms with Gasteiger partial charge in [0.2, 0.25) is 0 Å². The van der Waals surface area contributed by atoms with E-state index in [1.54, 1.807) is 18.3 Å². The third kappa shape index (κ3) is 3.63. The molecule has 30 heavy (non-hydrogen) atoms. The fourth-order valence-electron chi connectivity index (χ4n) is 3.28. The average molecular weight is 447 g/mol. The Morgan fingerprint density at radius 2 is 2.03 bits per heavy atom. The Bertz CT molecular complexity index is 1220. The Balaban J connectivity index is 1.63. The van der Waals surface area contributed by atoms with Crippen molar-refractivity contribution in [3.05, 3.63) is 54.6 Å². The minimum atomic E-state index is -0.685. The Morgan fingerprint density at radius 1 is 1.30 bits per heavy atom. The number of hydrogen-bond acceptors (Lipinski definition) is 8. The molecule has 0 aliphatic heterocycles. The van der Waals surface area contributed by atoms with Gasteiger partial charge in [-0.25, -0.2) is 4.79 Å². The topological polar surface area (TPSA) is 118 Å². The van der Waals surface area contributed by atoms with Gasteiger partial charge >= 0.3 is 5.69 Å². The molecule has 1 saturated carbocycles. The highest BCUT2D eigenvalue weighted by Crippen LogP contribution is 2.40. The standard InChI is InChI=1S/C19H22N6O3S2/c1-10(15(26)14-16(20)23(2)19(28)24(3)17(14)27)30-18-22-21-13(25(18)11-6-7-11)9-12-5-4-8-29-12/h4-5,8,10-11H,6-7,9,20H2,1-3H3/t10-/m0/s1. The van der Waals surface area contributed by atoms with E-state index in [0.29, 0.717) is 17.6 Å². The summed E-state index contributed by atoms with van der Waals surface area (Å²) in [4.78, 5) is 38.8. The van der Waals surface area contributed by atoms with Crippen LogP contribution in [0.3, 0.4) is 0 Å². The SMILES string of the molecule is C[C@H](Sc1nnc(Cc2cccs2)n1C1CC1)C(=O)c1c(N)n(C)c(=O)n(C)c1=O. The number of nitrogens with two attached hydrogens (primary N) is 1. The molecule has 3 aromatic heterocycles. The van der Waals surface area contributed by atoms with E-state index < -0.39 is 22.3 Å². The van der Waals surface area contributed by atoms with Crippen LogP contribution in [0.2, 0.25) is 0 Å². The molecule has 4 rings (SSSR count). The van der Waals surface area contributed by atoms with Crippen LogP contribution in [-0.4, -0.2) is 34.9 Å². The Kier molecular flexibility index (Phi) is 5.41. The molecule has 0 bridgehead atoms. The van der Waals surface area contributed by atoms with Crippen LogP contribution in [0.5, 0.6) is 0 Å². The second-order valence-corrected chi connectivity index (χ2v) is 9.69. The molecule has 0 unspecified atom stereocenters. The first kappa shape index (κ1) is 20.6. The largest absolute Gasteiger partial charge is 0.384 e. The van der Waals surface area contributed by atoms with Gasteiger partial charge in [0, 0.05) is 31.4 Å². The second-order valence-electron chi connectivity index (χ2n) is 7.35. The number of thiophene rings is 1. The van der Waals surface area contributed by atoms with Crippen LogP contribution in [0.25, 0.3) is 0 Å². The number of rotatable bonds is 7. The van der Waals surface area contributed by atoms with Gasteiger partial charge in [-0.05, 0) is 31.2 Å². The van der Waals surface area contributed by atoms with Crippen LogP contribution >= 0.6 is 23.1 Å². The van der Waals surface area contributed by atoms with Crippen LogP contribution in [0.1, 0.15) is 46.9 Å². The average Bonchev–Trinajstić information content (AvgIpc) is 3.28. The van der Waals surface area contributed by atoms with Crippen molar-refractivity contribution >= 4 is 34.7 Å². The van der Waals surface area contributed by atoms with Crippen molar-refractivity contribution in [2.45, 2.75) is 42.6 Å². The molecular weight excluding hydrogens is 424 g/mol. The number of anilines is 1. The summed E-state index contributed by atoms with van der Waals surface area (Å²) in [6.07, 6.45) is 2.80. The summed E-state index contributed by atoms with van der Waals surface area (Å²) in [6, 6.07) is 4.41. The van der Waals surface area contributed by atoms with Crippen molar-refractivity contribution in [1.82, 2.24) is 23.9 Å². The van der Waals surface area contributed by atoms with Gasteiger partial charge in [0.25, 0.3) is 5.56 Å². The quantitative estimate of drug-likeness (QED) is 0.433. The fourth-order valence-corrected chi connectivity index (χ4v) is 4.98. The lowest BCUT2D eigenvalue weighted by atomic mass is 10.1. The smallest absolute Gasteiger partial charge is 0.332 e. The molecule has 0 aromatic carbocycles. The van der Waals surface area contributed by atoms with E-state index in [1.807, 2.05) is 11.4 Å². The molecule has 0 amide bonds. The molecule has 1 aliphatic rings. The van der Waals surface area contributed by atoms with Crippen LogP contribution in [0.15, 0.2) is 32.3 Å². The van der Waals surface area contributed by atoms with Gasteiger partial charge in [-0.1, -0.05) is 17.8 Å². The van der Waals surface area contributed by atoms with Gasteiger partial charge in [0.1, 0.15) is 17.2 Å². The van der Waals surface area contributed by atoms with E-state index >= 15 is 0 Å². The number of carbonyl (C=O) groups is 1. The molecule has 9 nitrogen and oxygen atoms in total. The van der Waals surface area contributed by atoms with E-state index in [0.717, 1.165) is 27.8 Å². The van der Waals surface area contributed by atoms with Crippen LogP contribution in [-0.2, 0) is 20.5 Å². The van der Waals surface area contributed by atoms with Crippen LogP contribution in [0.4, 0.5) is 5.82 Å². The van der Waals surface area contributed by atoms with Gasteiger partial charge < -0.3 is 10.3 Å². The van der Waals surface area contributed by atoms with E-state index in [1.165, 1.54) is 30.7 Å². The van der Waals surface area contributed by atoms with Crippen molar-refractivity contribution in [1.29, 1.82) is 0 Å². The number of hydrogen-bond donors (Lipinski definition) is 1. The van der Waals surface area contributed by atoms with E-state index in [4.69, 9.17) is 5.73 Å². The summed E-state index contributed by atoms with van der Waals surface area (Å²) < 4.78 is 4.11. The summed E-state index contributed by atoms with van der Waals surface area (Å²) in [7, 11) is 2.77. The molecule has 0 spiro atoms. The molecule has 0 saturated heterocycles. The Labute approximate surface area is 180 Å². The lowest BCUT2D eigenvalue weighted by Crippen LogP contribution is -2.42. The monoisotopic (exact) mass is 446 g/mol. The lowest BCUT2D eigenvalue weighted by molar-refractivity contribution is 0.0992. The number of thioether (sulfide) groups is 1. The number of Topliss-reactive ketones (excluding diaryl/α,β-unsaturated/α-hetero) is 1. The van der Waals surface area contributed by atoms with Gasteiger partial charge in [0.05, 0.1) is 5.25 Å². The van der Waals surface area contributed by atoms with Crippen molar-refractivity contribution in [3.63, 3.8) is 0 Å². The minimum absolute atomic E-state index is 0.123. The first-order chi connectivity index (χ1) is 14.3. The lowest BCUT2D eigenvalue weighted by Gasteiger charge is -2.15. The summed E-state index contributed by atoms with van der Waals surface area (Å²) in [5.74, 6) is 0.320. The first-order valence-corrected chi connectivity index (χ1v) is 11.3. The Morgan fingerprint density at radius 3 is 2.67 bits per heavy atom. The van der Waals surface area contributed by atoms with Gasteiger partial charge in [-0.2, -0.15) is 0 Å². The zero-order chi connectivity index (χ0) is 21.6. The molecule has 158 valence electrons. The van der Waals surface area contributed by atoms with Crippen molar-refractivity contribution in [2.75, 3.05) is 5.73 Å². The molecule has 3 heterocycles. The van der Waals surface area contributed by atoms with E-state index in [9.17, 15) is 14.4 Å². The number of ketones is 1. The van der Waals surface area contributed by atoms with Crippen molar-refractivity contribution in [3.8, 4) is 0 Å². The Hall–Kier alpha value is -2.66. The highest BCUT2D eigenvalue weighted by atomic mass is 32.2. The number of nitrogens with zero attached hydrogens (tertiary/aromatic N) is 5. The van der Waals surface area contributed by atoms with Crippen molar-refractivity contribution < 1.29 is 4.79 Å². The maximum atomic E-state index is 13.1. The number of carbonyl (C=O) groups excluding carboxylic acids is 1. The molecule has 1 fully saturated rings. The molecule has 1 atom stereocenters. The van der Waals surface area contributed by atoms with E-state index in [-0.39, 0.29) is 11.4 Å². The third-order valence-corrected chi connectivity index (χ3v) is 7.10. The number of aromatic nitrogens is 5. The highest BCUT2D eigenvalue weighted by molar-refractivity contribution is 8.00. The third-order valence-electron chi connectivity index (χ3n) is 5.17. The van der Waals surface area contributed by atoms with Crippen LogP contribution in [0, 0.1) is 0 Å². The molecular formula is C19H22N6O3S2. The van der Waals surface area contributed by atoms with Crippen LogP contribution < -0.4 is 17.0 Å². The van der Waals surface area contributed by atoms with Gasteiger partial charge in [-0.3, -0.25) is 18.7 Å². The van der Waals surface area contributed by atoms with Gasteiger partial charge in [-0.15, -0.1) is 21.5 Å². The molecule has 1 aliphatic carbocycles. The minimum Gasteiger partial charge on any atom is -0.384 e. The second kappa shape index (κ2) is 7.88. The summed E-state index contributed by atoms with van der Waals surface area (Å²) in [5.41, 5.74) is 4.52. The predicted molar refractivity (Wildman–Crippen MR) is 116 cm³/mol. The first-order valence-electron chi connectivity index (χ1n) is 9.52. The maximum Gasteiger partial charge on any atom is 0.332 e. The van der Waals surface area contributed by atoms with E-state index in [2.05, 4.69) is 20.8 Å².